The highest BCUT2D eigenvalue weighted by Crippen LogP contribution is 2.10. The van der Waals surface area contributed by atoms with Crippen molar-refractivity contribution in [2.24, 2.45) is 11.5 Å². The normalized spacial score (nSPS) is 14.9. The Kier molecular flexibility index (Phi) is 6.12. The van der Waals surface area contributed by atoms with Crippen molar-refractivity contribution < 1.29 is 19.1 Å². The maximum Gasteiger partial charge on any atom is 0.323 e. The van der Waals surface area contributed by atoms with E-state index in [2.05, 4.69) is 4.74 Å². The minimum Gasteiger partial charge on any atom is -0.468 e. The van der Waals surface area contributed by atoms with Crippen LogP contribution in [0.1, 0.15) is 33.6 Å². The summed E-state index contributed by atoms with van der Waals surface area (Å²) in [5.74, 6) is -1.00. The first-order valence-corrected chi connectivity index (χ1v) is 5.49. The summed E-state index contributed by atoms with van der Waals surface area (Å²) in [6, 6.07) is -1.53. The second kappa shape index (κ2) is 6.56. The van der Waals surface area contributed by atoms with Gasteiger partial charge in [-0.1, -0.05) is 0 Å². The molecule has 17 heavy (non-hydrogen) atoms. The number of nitrogens with two attached hydrogens (primary N) is 2. The van der Waals surface area contributed by atoms with Gasteiger partial charge in [-0.05, 0) is 33.6 Å². The zero-order valence-electron chi connectivity index (χ0n) is 10.9. The van der Waals surface area contributed by atoms with Gasteiger partial charge in [-0.3, -0.25) is 9.59 Å². The van der Waals surface area contributed by atoms with Gasteiger partial charge in [-0.2, -0.15) is 0 Å². The van der Waals surface area contributed by atoms with Crippen LogP contribution in [0.2, 0.25) is 0 Å². The van der Waals surface area contributed by atoms with Crippen molar-refractivity contribution in [3.63, 3.8) is 0 Å². The summed E-state index contributed by atoms with van der Waals surface area (Å²) in [6.07, 6.45) is 0.568. The van der Waals surface area contributed by atoms with E-state index >= 15 is 0 Å². The molecule has 1 unspecified atom stereocenters. The molecule has 100 valence electrons. The molecule has 4 N–H and O–H groups in total. The molecule has 0 aliphatic heterocycles. The van der Waals surface area contributed by atoms with Gasteiger partial charge < -0.3 is 20.9 Å². The highest BCUT2D eigenvalue weighted by Gasteiger charge is 2.23. The Labute approximate surface area is 102 Å². The zero-order valence-corrected chi connectivity index (χ0v) is 10.9. The number of hydrogen-bond acceptors (Lipinski definition) is 6. The van der Waals surface area contributed by atoms with E-state index in [1.54, 1.807) is 20.8 Å². The summed E-state index contributed by atoms with van der Waals surface area (Å²) in [6.45, 7) is 5.29. The lowest BCUT2D eigenvalue weighted by Gasteiger charge is -2.22. The molecule has 0 spiro atoms. The van der Waals surface area contributed by atoms with Crippen LogP contribution in [0.5, 0.6) is 0 Å². The first-order valence-electron chi connectivity index (χ1n) is 5.49. The molecule has 0 aliphatic rings. The van der Waals surface area contributed by atoms with Crippen LogP contribution < -0.4 is 11.5 Å². The van der Waals surface area contributed by atoms with Crippen LogP contribution in [0.4, 0.5) is 0 Å². The molecule has 0 aromatic heterocycles. The maximum absolute atomic E-state index is 11.5. The summed E-state index contributed by atoms with van der Waals surface area (Å²) < 4.78 is 9.56. The van der Waals surface area contributed by atoms with Crippen LogP contribution in [0.25, 0.3) is 0 Å². The molecule has 0 fully saturated rings. The third-order valence-electron chi connectivity index (χ3n) is 2.00. The molecular weight excluding hydrogens is 224 g/mol. The standard InChI is InChI=1S/C11H22N2O4/c1-11(2,3)17-10(15)8(13)6-5-7(12)9(14)16-4/h7-8H,5-6,12-13H2,1-4H3/t7-,8?/m0/s1. The molecule has 6 nitrogen and oxygen atoms in total. The Morgan fingerprint density at radius 3 is 1.82 bits per heavy atom. The average Bonchev–Trinajstić information content (AvgIpc) is 2.21. The highest BCUT2D eigenvalue weighted by atomic mass is 16.6. The molecule has 0 heterocycles. The van der Waals surface area contributed by atoms with E-state index in [9.17, 15) is 9.59 Å². The van der Waals surface area contributed by atoms with Gasteiger partial charge in [0.05, 0.1) is 7.11 Å². The van der Waals surface area contributed by atoms with E-state index in [-0.39, 0.29) is 12.8 Å². The SMILES string of the molecule is COC(=O)[C@@H](N)CCC(N)C(=O)OC(C)(C)C. The van der Waals surface area contributed by atoms with Crippen LogP contribution in [0, 0.1) is 0 Å². The van der Waals surface area contributed by atoms with Gasteiger partial charge in [-0.25, -0.2) is 0 Å². The third-order valence-corrected chi connectivity index (χ3v) is 2.00. The number of ether oxygens (including phenoxy) is 2. The Balaban J connectivity index is 4.06. The van der Waals surface area contributed by atoms with Crippen LogP contribution in [0.3, 0.4) is 0 Å². The largest absolute Gasteiger partial charge is 0.468 e. The fraction of sp³-hybridized carbons (Fsp3) is 0.818. The van der Waals surface area contributed by atoms with Gasteiger partial charge in [0.15, 0.2) is 0 Å². The Bertz CT molecular complexity index is 273. The lowest BCUT2D eigenvalue weighted by atomic mass is 10.1. The van der Waals surface area contributed by atoms with Gasteiger partial charge >= 0.3 is 11.9 Å². The zero-order chi connectivity index (χ0) is 13.6. The van der Waals surface area contributed by atoms with Crippen molar-refractivity contribution in [3.8, 4) is 0 Å². The number of carbonyl (C=O) groups excluding carboxylic acids is 2. The number of esters is 2. The average molecular weight is 246 g/mol. The molecule has 0 aromatic carbocycles. The summed E-state index contributed by atoms with van der Waals surface area (Å²) in [7, 11) is 1.26. The van der Waals surface area contributed by atoms with Gasteiger partial charge in [-0.15, -0.1) is 0 Å². The first-order chi connectivity index (χ1) is 7.67. The fourth-order valence-corrected chi connectivity index (χ4v) is 1.12. The molecule has 0 saturated carbocycles. The first kappa shape index (κ1) is 15.9. The molecule has 6 heteroatoms. The van der Waals surface area contributed by atoms with Gasteiger partial charge in [0, 0.05) is 0 Å². The number of methoxy groups -OCH3 is 1. The van der Waals surface area contributed by atoms with Gasteiger partial charge in [0.1, 0.15) is 17.7 Å². The van der Waals surface area contributed by atoms with Crippen LogP contribution in [-0.4, -0.2) is 36.7 Å². The number of hydrogen-bond donors (Lipinski definition) is 2. The summed E-state index contributed by atoms with van der Waals surface area (Å²) in [5, 5.41) is 0. The Morgan fingerprint density at radius 2 is 1.47 bits per heavy atom. The molecule has 0 rings (SSSR count). The summed E-state index contributed by atoms with van der Waals surface area (Å²) in [5.41, 5.74) is 10.6. The molecule has 0 aliphatic carbocycles. The van der Waals surface area contributed by atoms with E-state index in [1.165, 1.54) is 7.11 Å². The lowest BCUT2D eigenvalue weighted by molar-refractivity contribution is -0.157. The van der Waals surface area contributed by atoms with Crippen molar-refractivity contribution >= 4 is 11.9 Å². The predicted molar refractivity (Wildman–Crippen MR) is 63.0 cm³/mol. The van der Waals surface area contributed by atoms with Crippen molar-refractivity contribution in [1.29, 1.82) is 0 Å². The van der Waals surface area contributed by atoms with Gasteiger partial charge in [0.25, 0.3) is 0 Å². The molecule has 0 aromatic rings. The quantitative estimate of drug-likeness (QED) is 0.658. The molecule has 0 amide bonds. The van der Waals surface area contributed by atoms with Gasteiger partial charge in [0.2, 0.25) is 0 Å². The van der Waals surface area contributed by atoms with E-state index in [0.717, 1.165) is 0 Å². The topological polar surface area (TPSA) is 105 Å². The van der Waals surface area contributed by atoms with Crippen molar-refractivity contribution in [1.82, 2.24) is 0 Å². The van der Waals surface area contributed by atoms with E-state index in [4.69, 9.17) is 16.2 Å². The molecule has 0 saturated heterocycles. The van der Waals surface area contributed by atoms with E-state index < -0.39 is 29.6 Å². The monoisotopic (exact) mass is 246 g/mol. The van der Waals surface area contributed by atoms with E-state index in [1.807, 2.05) is 0 Å². The van der Waals surface area contributed by atoms with Crippen molar-refractivity contribution in [2.45, 2.75) is 51.3 Å². The fourth-order valence-electron chi connectivity index (χ4n) is 1.12. The van der Waals surface area contributed by atoms with E-state index in [0.29, 0.717) is 0 Å². The lowest BCUT2D eigenvalue weighted by Crippen LogP contribution is -2.39. The summed E-state index contributed by atoms with van der Waals surface area (Å²) in [4.78, 5) is 22.5. The maximum atomic E-state index is 11.5. The molecular formula is C11H22N2O4. The third kappa shape index (κ3) is 6.91. The van der Waals surface area contributed by atoms with Crippen LogP contribution >= 0.6 is 0 Å². The minimum absolute atomic E-state index is 0.283. The summed E-state index contributed by atoms with van der Waals surface area (Å²) >= 11 is 0. The number of carbonyl (C=O) groups is 2. The number of rotatable bonds is 5. The van der Waals surface area contributed by atoms with Crippen LogP contribution in [-0.2, 0) is 19.1 Å². The minimum atomic E-state index is -0.773. The predicted octanol–water partition coefficient (Wildman–Crippen LogP) is -0.0641. The smallest absolute Gasteiger partial charge is 0.323 e. The van der Waals surface area contributed by atoms with Crippen LogP contribution in [0.15, 0.2) is 0 Å². The molecule has 2 atom stereocenters. The highest BCUT2D eigenvalue weighted by molar-refractivity contribution is 5.77. The van der Waals surface area contributed by atoms with Crippen molar-refractivity contribution in [2.75, 3.05) is 7.11 Å². The Hall–Kier alpha value is -1.14. The Morgan fingerprint density at radius 1 is 1.06 bits per heavy atom. The second-order valence-electron chi connectivity index (χ2n) is 4.85. The second-order valence-corrected chi connectivity index (χ2v) is 4.85. The molecule has 0 radical (unpaired) electrons. The molecule has 0 bridgehead atoms. The van der Waals surface area contributed by atoms with Crippen molar-refractivity contribution in [3.05, 3.63) is 0 Å².